The van der Waals surface area contributed by atoms with E-state index < -0.39 is 0 Å². The lowest BCUT2D eigenvalue weighted by Gasteiger charge is -2.23. The van der Waals surface area contributed by atoms with Gasteiger partial charge in [-0.1, -0.05) is 56.3 Å². The van der Waals surface area contributed by atoms with E-state index in [1.54, 1.807) is 0 Å². The summed E-state index contributed by atoms with van der Waals surface area (Å²) in [6, 6.07) is 17.3. The van der Waals surface area contributed by atoms with Gasteiger partial charge in [-0.15, -0.1) is 0 Å². The minimum absolute atomic E-state index is 0.538. The molecule has 0 saturated carbocycles. The normalized spacial score (nSPS) is 12.4. The summed E-state index contributed by atoms with van der Waals surface area (Å²) < 4.78 is 0. The molecule has 0 aromatic heterocycles. The molecule has 0 bridgehead atoms. The maximum absolute atomic E-state index is 3.63. The molecular weight excluding hydrogens is 242 g/mol. The number of aryl methyl sites for hydroxylation is 1. The van der Waals surface area contributed by atoms with Crippen LogP contribution in [0, 0.1) is 19.8 Å². The molecule has 1 nitrogen and oxygen atoms in total. The molecule has 0 aliphatic carbocycles. The highest BCUT2D eigenvalue weighted by atomic mass is 14.9. The van der Waals surface area contributed by atoms with E-state index in [-0.39, 0.29) is 0 Å². The minimum Gasteiger partial charge on any atom is -0.384 e. The topological polar surface area (TPSA) is 12.0 Å². The Labute approximate surface area is 123 Å². The first kappa shape index (κ1) is 14.6. The zero-order valence-electron chi connectivity index (χ0n) is 13.0. The van der Waals surface area contributed by atoms with Crippen LogP contribution in [-0.4, -0.2) is 6.54 Å². The van der Waals surface area contributed by atoms with Crippen LogP contribution in [0.2, 0.25) is 0 Å². The van der Waals surface area contributed by atoms with Crippen LogP contribution in [0.4, 0.5) is 5.69 Å². The number of hydrogen-bond donors (Lipinski definition) is 1. The van der Waals surface area contributed by atoms with Gasteiger partial charge < -0.3 is 5.32 Å². The third kappa shape index (κ3) is 3.41. The molecule has 0 fully saturated rings. The Balaban J connectivity index is 2.12. The van der Waals surface area contributed by atoms with Crippen LogP contribution >= 0.6 is 0 Å². The molecule has 1 heteroatoms. The van der Waals surface area contributed by atoms with Gasteiger partial charge in [-0.2, -0.15) is 0 Å². The van der Waals surface area contributed by atoms with Crippen LogP contribution in [0.15, 0.2) is 48.5 Å². The molecule has 1 unspecified atom stereocenters. The fourth-order valence-corrected chi connectivity index (χ4v) is 2.60. The van der Waals surface area contributed by atoms with E-state index in [1.807, 2.05) is 0 Å². The van der Waals surface area contributed by atoms with Crippen molar-refractivity contribution in [3.8, 4) is 0 Å². The van der Waals surface area contributed by atoms with Crippen LogP contribution < -0.4 is 5.32 Å². The van der Waals surface area contributed by atoms with Gasteiger partial charge in [0.2, 0.25) is 0 Å². The first-order valence-corrected chi connectivity index (χ1v) is 7.44. The second-order valence-corrected chi connectivity index (χ2v) is 5.89. The van der Waals surface area contributed by atoms with E-state index in [4.69, 9.17) is 0 Å². The summed E-state index contributed by atoms with van der Waals surface area (Å²) in [5.74, 6) is 1.16. The molecule has 1 N–H and O–H groups in total. The highest BCUT2D eigenvalue weighted by Gasteiger charge is 2.15. The van der Waals surface area contributed by atoms with Crippen LogP contribution in [0.25, 0.3) is 0 Å². The summed E-state index contributed by atoms with van der Waals surface area (Å²) in [6.45, 7) is 9.92. The number of nitrogens with one attached hydrogen (secondary N) is 1. The van der Waals surface area contributed by atoms with Crippen molar-refractivity contribution in [1.29, 1.82) is 0 Å². The van der Waals surface area contributed by atoms with Gasteiger partial charge in [-0.05, 0) is 42.5 Å². The van der Waals surface area contributed by atoms with Crippen molar-refractivity contribution in [2.75, 3.05) is 11.9 Å². The van der Waals surface area contributed by atoms with Crippen LogP contribution in [0.3, 0.4) is 0 Å². The lowest BCUT2D eigenvalue weighted by atomic mass is 9.88. The van der Waals surface area contributed by atoms with Crippen molar-refractivity contribution in [2.24, 2.45) is 5.92 Å². The molecule has 0 aliphatic heterocycles. The average molecular weight is 267 g/mol. The third-order valence-corrected chi connectivity index (χ3v) is 4.15. The van der Waals surface area contributed by atoms with Crippen molar-refractivity contribution >= 4 is 5.69 Å². The molecule has 0 saturated heterocycles. The molecule has 2 aromatic carbocycles. The maximum atomic E-state index is 3.63. The molecule has 1 atom stereocenters. The molecule has 0 amide bonds. The van der Waals surface area contributed by atoms with E-state index in [2.05, 4.69) is 81.5 Å². The van der Waals surface area contributed by atoms with Gasteiger partial charge in [0.25, 0.3) is 0 Å². The molecule has 0 radical (unpaired) electrons. The smallest absolute Gasteiger partial charge is 0.0372 e. The summed E-state index contributed by atoms with van der Waals surface area (Å²) in [5.41, 5.74) is 5.37. The van der Waals surface area contributed by atoms with Crippen molar-refractivity contribution in [3.05, 3.63) is 65.2 Å². The lowest BCUT2D eigenvalue weighted by Crippen LogP contribution is -2.18. The summed E-state index contributed by atoms with van der Waals surface area (Å²) in [5, 5.41) is 3.63. The number of benzene rings is 2. The quantitative estimate of drug-likeness (QED) is 0.789. The Morgan fingerprint density at radius 2 is 1.60 bits per heavy atom. The maximum Gasteiger partial charge on any atom is 0.0372 e. The second kappa shape index (κ2) is 6.60. The zero-order chi connectivity index (χ0) is 14.5. The fourth-order valence-electron chi connectivity index (χ4n) is 2.60. The second-order valence-electron chi connectivity index (χ2n) is 5.89. The third-order valence-electron chi connectivity index (χ3n) is 4.15. The molecule has 0 spiro atoms. The van der Waals surface area contributed by atoms with Gasteiger partial charge in [0, 0.05) is 18.2 Å². The van der Waals surface area contributed by atoms with Gasteiger partial charge >= 0.3 is 0 Å². The van der Waals surface area contributed by atoms with Crippen LogP contribution in [0.5, 0.6) is 0 Å². The highest BCUT2D eigenvalue weighted by molar-refractivity contribution is 5.53. The first-order chi connectivity index (χ1) is 9.59. The average Bonchev–Trinajstić information content (AvgIpc) is 2.44. The van der Waals surface area contributed by atoms with Gasteiger partial charge in [0.05, 0.1) is 0 Å². The summed E-state index contributed by atoms with van der Waals surface area (Å²) in [4.78, 5) is 0. The van der Waals surface area contributed by atoms with E-state index in [1.165, 1.54) is 22.4 Å². The predicted molar refractivity (Wildman–Crippen MR) is 88.4 cm³/mol. The molecule has 106 valence electrons. The minimum atomic E-state index is 0.538. The van der Waals surface area contributed by atoms with E-state index in [0.29, 0.717) is 11.8 Å². The molecule has 2 rings (SSSR count). The summed E-state index contributed by atoms with van der Waals surface area (Å²) >= 11 is 0. The molecule has 2 aromatic rings. The van der Waals surface area contributed by atoms with Gasteiger partial charge in [0.15, 0.2) is 0 Å². The number of anilines is 1. The van der Waals surface area contributed by atoms with E-state index in [9.17, 15) is 0 Å². The number of rotatable bonds is 5. The Hall–Kier alpha value is -1.76. The summed E-state index contributed by atoms with van der Waals surface area (Å²) in [7, 11) is 0. The van der Waals surface area contributed by atoms with E-state index in [0.717, 1.165) is 6.54 Å². The number of hydrogen-bond acceptors (Lipinski definition) is 1. The van der Waals surface area contributed by atoms with Crippen molar-refractivity contribution < 1.29 is 0 Å². The highest BCUT2D eigenvalue weighted by Crippen LogP contribution is 2.26. The predicted octanol–water partition coefficient (Wildman–Crippen LogP) is 5.16. The van der Waals surface area contributed by atoms with Crippen molar-refractivity contribution in [3.63, 3.8) is 0 Å². The van der Waals surface area contributed by atoms with E-state index >= 15 is 0 Å². The molecular formula is C19H25N. The standard InChI is InChI=1S/C19H25N/c1-14(2)18(17-10-6-5-7-11-17)13-20-19-12-8-9-15(3)16(19)4/h5-12,14,18,20H,13H2,1-4H3. The Morgan fingerprint density at radius 3 is 2.25 bits per heavy atom. The van der Waals surface area contributed by atoms with Gasteiger partial charge in [0.1, 0.15) is 0 Å². The zero-order valence-corrected chi connectivity index (χ0v) is 13.0. The summed E-state index contributed by atoms with van der Waals surface area (Å²) in [6.07, 6.45) is 0. The fraction of sp³-hybridized carbons (Fsp3) is 0.368. The first-order valence-electron chi connectivity index (χ1n) is 7.44. The lowest BCUT2D eigenvalue weighted by molar-refractivity contribution is 0.517. The monoisotopic (exact) mass is 267 g/mol. The Bertz CT molecular complexity index is 543. The van der Waals surface area contributed by atoms with Gasteiger partial charge in [-0.3, -0.25) is 0 Å². The van der Waals surface area contributed by atoms with Crippen LogP contribution in [0.1, 0.15) is 36.5 Å². The Morgan fingerprint density at radius 1 is 0.900 bits per heavy atom. The SMILES string of the molecule is Cc1cccc(NCC(c2ccccc2)C(C)C)c1C. The molecule has 0 aliphatic rings. The Kier molecular flexibility index (Phi) is 4.84. The largest absolute Gasteiger partial charge is 0.384 e. The van der Waals surface area contributed by atoms with Gasteiger partial charge in [-0.25, -0.2) is 0 Å². The van der Waals surface area contributed by atoms with Crippen LogP contribution in [-0.2, 0) is 0 Å². The molecule has 0 heterocycles. The van der Waals surface area contributed by atoms with Crippen molar-refractivity contribution in [1.82, 2.24) is 0 Å². The van der Waals surface area contributed by atoms with Crippen molar-refractivity contribution in [2.45, 2.75) is 33.6 Å². The molecule has 20 heavy (non-hydrogen) atoms.